The number of hydrogen-bond donors (Lipinski definition) is 3. The lowest BCUT2D eigenvalue weighted by molar-refractivity contribution is -0.139. The largest absolute Gasteiger partial charge is 0.384 e. The first kappa shape index (κ1) is 16.6. The Bertz CT molecular complexity index is 455. The molecule has 0 radical (unpaired) electrons. The number of nitrogens with one attached hydrogen (secondary N) is 1. The van der Waals surface area contributed by atoms with Gasteiger partial charge in [-0.15, -0.1) is 0 Å². The number of carbonyl (C=O) groups is 1. The molecule has 0 fully saturated rings. The van der Waals surface area contributed by atoms with Crippen LogP contribution in [0.1, 0.15) is 39.2 Å². The number of halogens is 1. The summed E-state index contributed by atoms with van der Waals surface area (Å²) in [5, 5.41) is 22.8. The molecule has 0 aliphatic carbocycles. The normalized spacial score (nSPS) is 17.1. The molecule has 0 aromatic heterocycles. The predicted molar refractivity (Wildman–Crippen MR) is 74.5 cm³/mol. The molecule has 0 saturated carbocycles. The molecule has 2 atom stereocenters. The molecular formula is C15H22FNO3. The van der Waals surface area contributed by atoms with Crippen molar-refractivity contribution in [3.05, 3.63) is 35.6 Å². The molecule has 0 aliphatic rings. The van der Waals surface area contributed by atoms with Crippen molar-refractivity contribution in [1.29, 1.82) is 0 Å². The Balaban J connectivity index is 2.68. The molecule has 4 nitrogen and oxygen atoms in total. The number of aliphatic hydroxyl groups is 2. The summed E-state index contributed by atoms with van der Waals surface area (Å²) in [5.74, 6) is -0.916. The van der Waals surface area contributed by atoms with E-state index in [1.165, 1.54) is 38.1 Å². The average molecular weight is 283 g/mol. The first-order valence-corrected chi connectivity index (χ1v) is 6.68. The number of amides is 1. The van der Waals surface area contributed by atoms with Gasteiger partial charge in [-0.1, -0.05) is 25.5 Å². The van der Waals surface area contributed by atoms with E-state index in [4.69, 9.17) is 0 Å². The Morgan fingerprint density at radius 2 is 1.80 bits per heavy atom. The highest BCUT2D eigenvalue weighted by Gasteiger charge is 2.31. The summed E-state index contributed by atoms with van der Waals surface area (Å²) in [6, 6.07) is 5.43. The van der Waals surface area contributed by atoms with Crippen molar-refractivity contribution in [3.63, 3.8) is 0 Å². The third kappa shape index (κ3) is 4.28. The molecule has 0 spiro atoms. The zero-order valence-corrected chi connectivity index (χ0v) is 12.1. The maximum Gasteiger partial charge on any atom is 0.251 e. The highest BCUT2D eigenvalue weighted by atomic mass is 19.1. The molecular weight excluding hydrogens is 261 g/mol. The molecule has 1 aromatic carbocycles. The van der Waals surface area contributed by atoms with Crippen molar-refractivity contribution in [1.82, 2.24) is 5.32 Å². The fourth-order valence-corrected chi connectivity index (χ4v) is 1.95. The van der Waals surface area contributed by atoms with Gasteiger partial charge < -0.3 is 15.5 Å². The summed E-state index contributed by atoms with van der Waals surface area (Å²) >= 11 is 0. The minimum absolute atomic E-state index is 0.0582. The van der Waals surface area contributed by atoms with E-state index in [2.05, 4.69) is 5.32 Å². The molecule has 0 bridgehead atoms. The molecule has 2 unspecified atom stereocenters. The SMILES string of the molecule is CCCC(C)(O)C(=O)NCC(C)(O)c1ccc(F)cc1. The van der Waals surface area contributed by atoms with Gasteiger partial charge in [-0.2, -0.15) is 0 Å². The molecule has 112 valence electrons. The van der Waals surface area contributed by atoms with Crippen LogP contribution >= 0.6 is 0 Å². The van der Waals surface area contributed by atoms with Crippen LogP contribution in [0.5, 0.6) is 0 Å². The van der Waals surface area contributed by atoms with Gasteiger partial charge in [-0.3, -0.25) is 4.79 Å². The van der Waals surface area contributed by atoms with Crippen LogP contribution in [0.4, 0.5) is 4.39 Å². The van der Waals surface area contributed by atoms with Crippen molar-refractivity contribution >= 4 is 5.91 Å². The van der Waals surface area contributed by atoms with Gasteiger partial charge in [-0.05, 0) is 38.0 Å². The van der Waals surface area contributed by atoms with Gasteiger partial charge in [0.05, 0.1) is 6.54 Å². The summed E-state index contributed by atoms with van der Waals surface area (Å²) in [4.78, 5) is 11.9. The van der Waals surface area contributed by atoms with Crippen LogP contribution < -0.4 is 5.32 Å². The van der Waals surface area contributed by atoms with E-state index in [9.17, 15) is 19.4 Å². The Morgan fingerprint density at radius 1 is 1.25 bits per heavy atom. The Labute approximate surface area is 118 Å². The van der Waals surface area contributed by atoms with E-state index in [1.807, 2.05) is 6.92 Å². The molecule has 3 N–H and O–H groups in total. The smallest absolute Gasteiger partial charge is 0.251 e. The molecule has 20 heavy (non-hydrogen) atoms. The first-order chi connectivity index (χ1) is 9.19. The van der Waals surface area contributed by atoms with Crippen LogP contribution in [0.2, 0.25) is 0 Å². The molecule has 0 saturated heterocycles. The molecule has 0 aliphatic heterocycles. The van der Waals surface area contributed by atoms with Crippen molar-refractivity contribution in [2.75, 3.05) is 6.54 Å². The highest BCUT2D eigenvalue weighted by Crippen LogP contribution is 2.20. The Morgan fingerprint density at radius 3 is 2.30 bits per heavy atom. The van der Waals surface area contributed by atoms with E-state index in [0.29, 0.717) is 18.4 Å². The van der Waals surface area contributed by atoms with E-state index >= 15 is 0 Å². The third-order valence-electron chi connectivity index (χ3n) is 3.29. The lowest BCUT2D eigenvalue weighted by Gasteiger charge is -2.27. The number of hydrogen-bond acceptors (Lipinski definition) is 3. The van der Waals surface area contributed by atoms with Crippen LogP contribution in [0.3, 0.4) is 0 Å². The van der Waals surface area contributed by atoms with Crippen LogP contribution in [-0.2, 0) is 10.4 Å². The lowest BCUT2D eigenvalue weighted by Crippen LogP contribution is -2.48. The summed E-state index contributed by atoms with van der Waals surface area (Å²) in [6.07, 6.45) is 1.02. The van der Waals surface area contributed by atoms with E-state index in [0.717, 1.165) is 0 Å². The monoisotopic (exact) mass is 283 g/mol. The second-order valence-electron chi connectivity index (χ2n) is 5.49. The van der Waals surface area contributed by atoms with Gasteiger partial charge in [0.15, 0.2) is 0 Å². The second kappa shape index (κ2) is 6.33. The first-order valence-electron chi connectivity index (χ1n) is 6.68. The summed E-state index contributed by atoms with van der Waals surface area (Å²) < 4.78 is 12.8. The third-order valence-corrected chi connectivity index (χ3v) is 3.29. The zero-order chi connectivity index (χ0) is 15.4. The maximum absolute atomic E-state index is 12.8. The van der Waals surface area contributed by atoms with Gasteiger partial charge in [0.25, 0.3) is 5.91 Å². The Kier molecular flexibility index (Phi) is 5.25. The molecule has 0 heterocycles. The van der Waals surface area contributed by atoms with Gasteiger partial charge in [0, 0.05) is 0 Å². The molecule has 1 amide bonds. The zero-order valence-electron chi connectivity index (χ0n) is 12.1. The second-order valence-corrected chi connectivity index (χ2v) is 5.49. The molecule has 1 aromatic rings. The maximum atomic E-state index is 12.8. The van der Waals surface area contributed by atoms with E-state index in [1.54, 1.807) is 0 Å². The fourth-order valence-electron chi connectivity index (χ4n) is 1.95. The van der Waals surface area contributed by atoms with Crippen LogP contribution in [-0.4, -0.2) is 28.3 Å². The van der Waals surface area contributed by atoms with Crippen LogP contribution in [0, 0.1) is 5.82 Å². The van der Waals surface area contributed by atoms with Crippen molar-refractivity contribution in [2.45, 2.75) is 44.8 Å². The summed E-state index contributed by atoms with van der Waals surface area (Å²) in [6.45, 7) is 4.78. The van der Waals surface area contributed by atoms with Gasteiger partial charge in [0.2, 0.25) is 0 Å². The number of carbonyl (C=O) groups excluding carboxylic acids is 1. The standard InChI is InChI=1S/C15H22FNO3/c1-4-9-14(2,19)13(18)17-10-15(3,20)11-5-7-12(16)8-6-11/h5-8,19-20H,4,9-10H2,1-3H3,(H,17,18). The topological polar surface area (TPSA) is 69.6 Å². The van der Waals surface area contributed by atoms with Crippen molar-refractivity contribution in [3.8, 4) is 0 Å². The van der Waals surface area contributed by atoms with Gasteiger partial charge in [0.1, 0.15) is 17.0 Å². The fraction of sp³-hybridized carbons (Fsp3) is 0.533. The number of rotatable bonds is 6. The van der Waals surface area contributed by atoms with Gasteiger partial charge >= 0.3 is 0 Å². The number of benzene rings is 1. The minimum Gasteiger partial charge on any atom is -0.384 e. The quantitative estimate of drug-likeness (QED) is 0.744. The van der Waals surface area contributed by atoms with Crippen LogP contribution in [0.15, 0.2) is 24.3 Å². The lowest BCUT2D eigenvalue weighted by atomic mass is 9.94. The van der Waals surface area contributed by atoms with Crippen LogP contribution in [0.25, 0.3) is 0 Å². The van der Waals surface area contributed by atoms with Gasteiger partial charge in [-0.25, -0.2) is 4.39 Å². The Hall–Kier alpha value is -1.46. The van der Waals surface area contributed by atoms with Crippen molar-refractivity contribution < 1.29 is 19.4 Å². The predicted octanol–water partition coefficient (Wildman–Crippen LogP) is 1.70. The van der Waals surface area contributed by atoms with E-state index in [-0.39, 0.29) is 12.4 Å². The average Bonchev–Trinajstić information content (AvgIpc) is 2.36. The van der Waals surface area contributed by atoms with E-state index < -0.39 is 17.1 Å². The minimum atomic E-state index is -1.45. The molecule has 1 rings (SSSR count). The molecule has 5 heteroatoms. The summed E-state index contributed by atoms with van der Waals surface area (Å²) in [7, 11) is 0. The van der Waals surface area contributed by atoms with Crippen molar-refractivity contribution in [2.24, 2.45) is 0 Å². The summed E-state index contributed by atoms with van der Waals surface area (Å²) in [5.41, 5.74) is -2.28. The highest BCUT2D eigenvalue weighted by molar-refractivity contribution is 5.84.